The van der Waals surface area contributed by atoms with Crippen LogP contribution in [0.4, 0.5) is 0 Å². The molecule has 1 aliphatic rings. The number of carbonyl (C=O) groups is 2. The van der Waals surface area contributed by atoms with Crippen LogP contribution in [0.25, 0.3) is 0 Å². The van der Waals surface area contributed by atoms with E-state index in [2.05, 4.69) is 15.9 Å². The van der Waals surface area contributed by atoms with E-state index < -0.39 is 0 Å². The van der Waals surface area contributed by atoms with E-state index in [-0.39, 0.29) is 11.8 Å². The maximum Gasteiger partial charge on any atom is 0.253 e. The standard InChI is InChI=1S/C8H8BrNO2/c9-5-1-2-6-10-7(11)3-4-8(10)12/h1-4H,5-6H2/b2-1+. The molecule has 64 valence electrons. The molecule has 0 aromatic rings. The molecule has 0 radical (unpaired) electrons. The summed E-state index contributed by atoms with van der Waals surface area (Å²) in [6.07, 6.45) is 6.19. The average Bonchev–Trinajstić information content (AvgIpc) is 2.35. The molecule has 0 aliphatic carbocycles. The van der Waals surface area contributed by atoms with Gasteiger partial charge in [-0.25, -0.2) is 0 Å². The number of imide groups is 1. The minimum absolute atomic E-state index is 0.237. The maximum absolute atomic E-state index is 11.0. The van der Waals surface area contributed by atoms with Crippen molar-refractivity contribution in [1.82, 2.24) is 4.90 Å². The highest BCUT2D eigenvalue weighted by Crippen LogP contribution is 2.02. The van der Waals surface area contributed by atoms with Gasteiger partial charge in [-0.15, -0.1) is 0 Å². The van der Waals surface area contributed by atoms with Crippen LogP contribution in [-0.4, -0.2) is 28.6 Å². The van der Waals surface area contributed by atoms with E-state index in [9.17, 15) is 9.59 Å². The Bertz CT molecular complexity index is 240. The van der Waals surface area contributed by atoms with Crippen LogP contribution in [0.3, 0.4) is 0 Å². The molecule has 4 heteroatoms. The second-order valence-electron chi connectivity index (χ2n) is 2.25. The summed E-state index contributed by atoms with van der Waals surface area (Å²) in [5.74, 6) is -0.474. The highest BCUT2D eigenvalue weighted by Gasteiger charge is 2.21. The molecular weight excluding hydrogens is 222 g/mol. The van der Waals surface area contributed by atoms with Gasteiger partial charge < -0.3 is 0 Å². The third-order valence-corrected chi connectivity index (χ3v) is 1.82. The molecule has 0 aromatic heterocycles. The number of amides is 2. The van der Waals surface area contributed by atoms with E-state index >= 15 is 0 Å². The fourth-order valence-corrected chi connectivity index (χ4v) is 1.12. The summed E-state index contributed by atoms with van der Waals surface area (Å²) >= 11 is 3.20. The highest BCUT2D eigenvalue weighted by molar-refractivity contribution is 9.09. The Kier molecular flexibility index (Phi) is 3.22. The molecule has 0 spiro atoms. The number of allylic oxidation sites excluding steroid dienone is 1. The zero-order valence-corrected chi connectivity index (χ0v) is 7.95. The van der Waals surface area contributed by atoms with Gasteiger partial charge in [0.05, 0.1) is 0 Å². The summed E-state index contributed by atoms with van der Waals surface area (Å²) < 4.78 is 0. The van der Waals surface area contributed by atoms with E-state index in [0.717, 1.165) is 5.33 Å². The van der Waals surface area contributed by atoms with Crippen molar-refractivity contribution >= 4 is 27.7 Å². The van der Waals surface area contributed by atoms with Gasteiger partial charge in [-0.3, -0.25) is 14.5 Å². The van der Waals surface area contributed by atoms with Crippen molar-refractivity contribution in [3.8, 4) is 0 Å². The van der Waals surface area contributed by atoms with Gasteiger partial charge in [-0.1, -0.05) is 28.1 Å². The van der Waals surface area contributed by atoms with Crippen molar-refractivity contribution in [1.29, 1.82) is 0 Å². The maximum atomic E-state index is 11.0. The van der Waals surface area contributed by atoms with Crippen LogP contribution in [0.15, 0.2) is 24.3 Å². The summed E-state index contributed by atoms with van der Waals surface area (Å²) in [5, 5.41) is 0.733. The first-order chi connectivity index (χ1) is 5.75. The van der Waals surface area contributed by atoms with Crippen molar-refractivity contribution in [3.63, 3.8) is 0 Å². The van der Waals surface area contributed by atoms with Crippen LogP contribution in [0, 0.1) is 0 Å². The first-order valence-corrected chi connectivity index (χ1v) is 4.62. The molecule has 0 saturated carbocycles. The summed E-state index contributed by atoms with van der Waals surface area (Å²) in [5.41, 5.74) is 0. The van der Waals surface area contributed by atoms with Crippen LogP contribution in [0.1, 0.15) is 0 Å². The molecule has 1 heterocycles. The second-order valence-corrected chi connectivity index (χ2v) is 2.89. The zero-order chi connectivity index (χ0) is 8.97. The lowest BCUT2D eigenvalue weighted by Gasteiger charge is -2.09. The fourth-order valence-electron chi connectivity index (χ4n) is 0.854. The van der Waals surface area contributed by atoms with Gasteiger partial charge in [0.1, 0.15) is 0 Å². The van der Waals surface area contributed by atoms with Gasteiger partial charge in [-0.2, -0.15) is 0 Å². The third-order valence-electron chi connectivity index (χ3n) is 1.44. The first kappa shape index (κ1) is 9.19. The van der Waals surface area contributed by atoms with E-state index in [1.54, 1.807) is 6.08 Å². The van der Waals surface area contributed by atoms with Crippen molar-refractivity contribution < 1.29 is 9.59 Å². The van der Waals surface area contributed by atoms with Crippen molar-refractivity contribution in [2.24, 2.45) is 0 Å². The quantitative estimate of drug-likeness (QED) is 0.409. The molecule has 1 rings (SSSR count). The molecule has 0 aromatic carbocycles. The zero-order valence-electron chi connectivity index (χ0n) is 6.37. The second kappa shape index (κ2) is 4.21. The molecule has 0 atom stereocenters. The molecule has 1 aliphatic heterocycles. The SMILES string of the molecule is O=C1C=CC(=O)N1C/C=C/CBr. The Morgan fingerprint density at radius 1 is 1.25 bits per heavy atom. The molecule has 3 nitrogen and oxygen atoms in total. The molecule has 12 heavy (non-hydrogen) atoms. The van der Waals surface area contributed by atoms with Crippen LogP contribution >= 0.6 is 15.9 Å². The molecule has 0 N–H and O–H groups in total. The lowest BCUT2D eigenvalue weighted by atomic mass is 10.4. The Morgan fingerprint density at radius 3 is 2.33 bits per heavy atom. The van der Waals surface area contributed by atoms with Crippen LogP contribution in [-0.2, 0) is 9.59 Å². The van der Waals surface area contributed by atoms with Crippen LogP contribution in [0.5, 0.6) is 0 Å². The van der Waals surface area contributed by atoms with Crippen LogP contribution in [0.2, 0.25) is 0 Å². The summed E-state index contributed by atoms with van der Waals surface area (Å²) in [4.78, 5) is 23.1. The lowest BCUT2D eigenvalue weighted by molar-refractivity contribution is -0.136. The lowest BCUT2D eigenvalue weighted by Crippen LogP contribution is -2.29. The van der Waals surface area contributed by atoms with E-state index in [4.69, 9.17) is 0 Å². The molecule has 2 amide bonds. The number of rotatable bonds is 3. The largest absolute Gasteiger partial charge is 0.272 e. The minimum Gasteiger partial charge on any atom is -0.272 e. The summed E-state index contributed by atoms with van der Waals surface area (Å²) in [6, 6.07) is 0. The van der Waals surface area contributed by atoms with Gasteiger partial charge in [-0.05, 0) is 0 Å². The molecule has 0 bridgehead atoms. The summed E-state index contributed by atoms with van der Waals surface area (Å²) in [6.45, 7) is 0.357. The van der Waals surface area contributed by atoms with Gasteiger partial charge in [0, 0.05) is 24.0 Å². The first-order valence-electron chi connectivity index (χ1n) is 3.50. The monoisotopic (exact) mass is 229 g/mol. The molecule has 0 saturated heterocycles. The highest BCUT2D eigenvalue weighted by atomic mass is 79.9. The Hall–Kier alpha value is -0.900. The normalized spacial score (nSPS) is 16.9. The predicted molar refractivity (Wildman–Crippen MR) is 48.8 cm³/mol. The van der Waals surface area contributed by atoms with E-state index in [0.29, 0.717) is 6.54 Å². The molecule has 0 fully saturated rings. The number of alkyl halides is 1. The fraction of sp³-hybridized carbons (Fsp3) is 0.250. The van der Waals surface area contributed by atoms with Crippen molar-refractivity contribution in [2.75, 3.05) is 11.9 Å². The number of carbonyl (C=O) groups excluding carboxylic acids is 2. The topological polar surface area (TPSA) is 37.4 Å². The third kappa shape index (κ3) is 2.04. The molecule has 0 unspecified atom stereocenters. The van der Waals surface area contributed by atoms with Gasteiger partial charge in [0.2, 0.25) is 0 Å². The Morgan fingerprint density at radius 2 is 1.83 bits per heavy atom. The number of nitrogens with zero attached hydrogens (tertiary/aromatic N) is 1. The van der Waals surface area contributed by atoms with E-state index in [1.807, 2.05) is 6.08 Å². The van der Waals surface area contributed by atoms with E-state index in [1.165, 1.54) is 17.1 Å². The Labute approximate surface area is 78.9 Å². The average molecular weight is 230 g/mol. The molecular formula is C8H8BrNO2. The number of hydrogen-bond acceptors (Lipinski definition) is 2. The van der Waals surface area contributed by atoms with Crippen molar-refractivity contribution in [2.45, 2.75) is 0 Å². The van der Waals surface area contributed by atoms with Crippen LogP contribution < -0.4 is 0 Å². The predicted octanol–water partition coefficient (Wildman–Crippen LogP) is 0.862. The summed E-state index contributed by atoms with van der Waals surface area (Å²) in [7, 11) is 0. The van der Waals surface area contributed by atoms with Gasteiger partial charge in [0.25, 0.3) is 11.8 Å². The Balaban J connectivity index is 2.48. The smallest absolute Gasteiger partial charge is 0.253 e. The minimum atomic E-state index is -0.237. The number of hydrogen-bond donors (Lipinski definition) is 0. The van der Waals surface area contributed by atoms with Gasteiger partial charge in [0.15, 0.2) is 0 Å². The number of halogens is 1. The van der Waals surface area contributed by atoms with Crippen molar-refractivity contribution in [3.05, 3.63) is 24.3 Å². The van der Waals surface area contributed by atoms with Gasteiger partial charge >= 0.3 is 0 Å².